The van der Waals surface area contributed by atoms with Crippen LogP contribution in [-0.2, 0) is 4.79 Å². The van der Waals surface area contributed by atoms with Gasteiger partial charge in [0, 0.05) is 32.1 Å². The number of hydrogen-bond acceptors (Lipinski definition) is 3. The molecule has 2 atom stereocenters. The van der Waals surface area contributed by atoms with Crippen LogP contribution >= 0.6 is 0 Å². The Hall–Kier alpha value is -1.30. The van der Waals surface area contributed by atoms with Gasteiger partial charge in [0.25, 0.3) is 0 Å². The lowest BCUT2D eigenvalue weighted by molar-refractivity contribution is -0.138. The number of nitrogens with one attached hydrogen (secondary N) is 1. The predicted octanol–water partition coefficient (Wildman–Crippen LogP) is 0.587. The van der Waals surface area contributed by atoms with Gasteiger partial charge in [0.1, 0.15) is 0 Å². The second-order valence-corrected chi connectivity index (χ2v) is 5.66. The van der Waals surface area contributed by atoms with Crippen LogP contribution in [0.3, 0.4) is 0 Å². The molecule has 0 aromatic heterocycles. The van der Waals surface area contributed by atoms with Crippen molar-refractivity contribution < 1.29 is 14.7 Å². The number of rotatable bonds is 4. The van der Waals surface area contributed by atoms with E-state index in [0.717, 1.165) is 19.4 Å². The van der Waals surface area contributed by atoms with E-state index >= 15 is 0 Å². The molecule has 0 radical (unpaired) electrons. The van der Waals surface area contributed by atoms with Crippen molar-refractivity contribution in [1.29, 1.82) is 0 Å². The van der Waals surface area contributed by atoms with Crippen molar-refractivity contribution in [2.75, 3.05) is 33.2 Å². The van der Waals surface area contributed by atoms with Gasteiger partial charge in [-0.05, 0) is 38.8 Å². The van der Waals surface area contributed by atoms with Gasteiger partial charge in [0.05, 0.1) is 0 Å². The monoisotopic (exact) mass is 269 g/mol. The van der Waals surface area contributed by atoms with Gasteiger partial charge >= 0.3 is 12.0 Å². The van der Waals surface area contributed by atoms with E-state index in [2.05, 4.69) is 17.3 Å². The van der Waals surface area contributed by atoms with Crippen LogP contribution in [0.2, 0.25) is 0 Å². The lowest BCUT2D eigenvalue weighted by atomic mass is 10.1. The Balaban J connectivity index is 1.70. The molecular weight excluding hydrogens is 246 g/mol. The number of likely N-dealkylation sites (N-methyl/N-ethyl adjacent to an activating group) is 1. The molecule has 0 spiro atoms. The summed E-state index contributed by atoms with van der Waals surface area (Å²) >= 11 is 0. The molecule has 2 heterocycles. The summed E-state index contributed by atoms with van der Waals surface area (Å²) in [7, 11) is 2.09. The molecule has 0 saturated carbocycles. The zero-order chi connectivity index (χ0) is 13.8. The largest absolute Gasteiger partial charge is 0.481 e. The summed E-state index contributed by atoms with van der Waals surface area (Å²) < 4.78 is 0. The highest BCUT2D eigenvalue weighted by atomic mass is 16.4. The fourth-order valence-corrected chi connectivity index (χ4v) is 2.98. The summed E-state index contributed by atoms with van der Waals surface area (Å²) in [5.41, 5.74) is 0. The van der Waals surface area contributed by atoms with Gasteiger partial charge in [-0.1, -0.05) is 0 Å². The van der Waals surface area contributed by atoms with E-state index in [-0.39, 0.29) is 18.4 Å². The molecule has 2 aliphatic rings. The molecule has 6 nitrogen and oxygen atoms in total. The fourth-order valence-electron chi connectivity index (χ4n) is 2.98. The molecule has 2 unspecified atom stereocenters. The van der Waals surface area contributed by atoms with Gasteiger partial charge < -0.3 is 20.2 Å². The number of urea groups is 1. The molecule has 0 aliphatic carbocycles. The highest BCUT2D eigenvalue weighted by Gasteiger charge is 2.28. The number of likely N-dealkylation sites (tertiary alicyclic amines) is 2. The molecule has 2 rings (SSSR count). The number of carbonyl (C=O) groups is 2. The first-order valence-electron chi connectivity index (χ1n) is 7.01. The van der Waals surface area contributed by atoms with Crippen LogP contribution in [0.25, 0.3) is 0 Å². The first-order valence-corrected chi connectivity index (χ1v) is 7.01. The highest BCUT2D eigenvalue weighted by molar-refractivity contribution is 5.74. The number of carboxylic acid groups (broad SMARTS) is 1. The quantitative estimate of drug-likeness (QED) is 0.783. The molecule has 2 N–H and O–H groups in total. The minimum Gasteiger partial charge on any atom is -0.481 e. The Morgan fingerprint density at radius 3 is 2.74 bits per heavy atom. The van der Waals surface area contributed by atoms with E-state index in [9.17, 15) is 9.59 Å². The Bertz CT molecular complexity index is 348. The fraction of sp³-hybridized carbons (Fsp3) is 0.846. The minimum atomic E-state index is -0.778. The lowest BCUT2D eigenvalue weighted by Crippen LogP contribution is -2.44. The van der Waals surface area contributed by atoms with Crippen LogP contribution in [0.15, 0.2) is 0 Å². The Labute approximate surface area is 113 Å². The zero-order valence-electron chi connectivity index (χ0n) is 11.5. The lowest BCUT2D eigenvalue weighted by Gasteiger charge is -2.22. The van der Waals surface area contributed by atoms with E-state index in [1.807, 2.05) is 0 Å². The third kappa shape index (κ3) is 3.83. The average Bonchev–Trinajstić information content (AvgIpc) is 2.95. The topological polar surface area (TPSA) is 72.9 Å². The summed E-state index contributed by atoms with van der Waals surface area (Å²) in [6.45, 7) is 3.03. The predicted molar refractivity (Wildman–Crippen MR) is 71.0 cm³/mol. The van der Waals surface area contributed by atoms with Crippen molar-refractivity contribution in [1.82, 2.24) is 15.1 Å². The normalized spacial score (nSPS) is 27.7. The Morgan fingerprint density at radius 1 is 1.32 bits per heavy atom. The van der Waals surface area contributed by atoms with Crippen molar-refractivity contribution in [2.45, 2.75) is 31.7 Å². The van der Waals surface area contributed by atoms with Crippen molar-refractivity contribution >= 4 is 12.0 Å². The molecule has 108 valence electrons. The van der Waals surface area contributed by atoms with Gasteiger partial charge in [-0.2, -0.15) is 0 Å². The second-order valence-electron chi connectivity index (χ2n) is 5.66. The van der Waals surface area contributed by atoms with E-state index < -0.39 is 5.97 Å². The number of amides is 2. The van der Waals surface area contributed by atoms with E-state index in [4.69, 9.17) is 5.11 Å². The van der Waals surface area contributed by atoms with Crippen molar-refractivity contribution in [3.63, 3.8) is 0 Å². The van der Waals surface area contributed by atoms with Crippen LogP contribution < -0.4 is 5.32 Å². The zero-order valence-corrected chi connectivity index (χ0v) is 11.5. The number of hydrogen-bond donors (Lipinski definition) is 2. The molecular formula is C13H23N3O3. The third-order valence-electron chi connectivity index (χ3n) is 4.20. The molecule has 2 fully saturated rings. The van der Waals surface area contributed by atoms with Crippen molar-refractivity contribution in [3.8, 4) is 0 Å². The summed E-state index contributed by atoms with van der Waals surface area (Å²) in [5, 5.41) is 11.7. The molecule has 2 aliphatic heterocycles. The third-order valence-corrected chi connectivity index (χ3v) is 4.20. The van der Waals surface area contributed by atoms with E-state index in [1.165, 1.54) is 6.42 Å². The maximum Gasteiger partial charge on any atom is 0.317 e. The summed E-state index contributed by atoms with van der Waals surface area (Å²) in [6, 6.07) is 0.398. The van der Waals surface area contributed by atoms with E-state index in [1.54, 1.807) is 4.90 Å². The Kier molecular flexibility index (Phi) is 4.63. The molecule has 19 heavy (non-hydrogen) atoms. The number of aliphatic carboxylic acids is 1. The van der Waals surface area contributed by atoms with Crippen LogP contribution in [-0.4, -0.2) is 66.2 Å². The highest BCUT2D eigenvalue weighted by Crippen LogP contribution is 2.19. The minimum absolute atomic E-state index is 0.0480. The molecule has 6 heteroatoms. The smallest absolute Gasteiger partial charge is 0.317 e. The van der Waals surface area contributed by atoms with Crippen molar-refractivity contribution in [3.05, 3.63) is 0 Å². The number of nitrogens with zero attached hydrogens (tertiary/aromatic N) is 2. The maximum atomic E-state index is 12.0. The summed E-state index contributed by atoms with van der Waals surface area (Å²) in [5.74, 6) is -0.669. The number of carboxylic acids is 1. The van der Waals surface area contributed by atoms with Crippen LogP contribution in [0, 0.1) is 5.92 Å². The van der Waals surface area contributed by atoms with Gasteiger partial charge in [-0.25, -0.2) is 4.79 Å². The standard InChI is InChI=1S/C13H23N3O3/c1-15-5-2-3-11(15)8-14-13(19)16-6-4-10(9-16)7-12(17)18/h10-11H,2-9H2,1H3,(H,14,19)(H,17,18). The Morgan fingerprint density at radius 2 is 2.11 bits per heavy atom. The van der Waals surface area contributed by atoms with Gasteiger partial charge in [-0.15, -0.1) is 0 Å². The van der Waals surface area contributed by atoms with Crippen LogP contribution in [0.1, 0.15) is 25.7 Å². The van der Waals surface area contributed by atoms with E-state index in [0.29, 0.717) is 25.7 Å². The van der Waals surface area contributed by atoms with Gasteiger partial charge in [0.15, 0.2) is 0 Å². The van der Waals surface area contributed by atoms with Gasteiger partial charge in [-0.3, -0.25) is 4.79 Å². The molecule has 2 saturated heterocycles. The second kappa shape index (κ2) is 6.23. The summed E-state index contributed by atoms with van der Waals surface area (Å²) in [4.78, 5) is 26.6. The molecule has 0 aromatic carbocycles. The first kappa shape index (κ1) is 14.1. The van der Waals surface area contributed by atoms with Gasteiger partial charge in [0.2, 0.25) is 0 Å². The van der Waals surface area contributed by atoms with Crippen LogP contribution in [0.5, 0.6) is 0 Å². The summed E-state index contributed by atoms with van der Waals surface area (Å²) in [6.07, 6.45) is 3.29. The molecule has 2 amide bonds. The number of carbonyl (C=O) groups excluding carboxylic acids is 1. The maximum absolute atomic E-state index is 12.0. The van der Waals surface area contributed by atoms with Crippen molar-refractivity contribution in [2.24, 2.45) is 5.92 Å². The molecule has 0 aromatic rings. The SMILES string of the molecule is CN1CCCC1CNC(=O)N1CCC(CC(=O)O)C1. The average molecular weight is 269 g/mol. The molecule has 0 bridgehead atoms. The first-order chi connectivity index (χ1) is 9.06. The van der Waals surface area contributed by atoms with Crippen LogP contribution in [0.4, 0.5) is 4.79 Å².